The zero-order chi connectivity index (χ0) is 12.3. The molecule has 0 aliphatic heterocycles. The molecule has 0 aromatic carbocycles. The number of hydrogen-bond donors (Lipinski definition) is 1. The predicted octanol–water partition coefficient (Wildman–Crippen LogP) is 2.63. The Bertz CT molecular complexity index is 545. The first kappa shape index (κ1) is 11.7. The summed E-state index contributed by atoms with van der Waals surface area (Å²) in [6.07, 6.45) is 3.83. The number of nitrogens with zero attached hydrogens (tertiary/aromatic N) is 2. The lowest BCUT2D eigenvalue weighted by atomic mass is 10.2. The van der Waals surface area contributed by atoms with E-state index in [4.69, 9.17) is 0 Å². The Kier molecular flexibility index (Phi) is 3.43. The van der Waals surface area contributed by atoms with Crippen LogP contribution in [0.1, 0.15) is 10.4 Å². The molecule has 0 atom stereocenters. The van der Waals surface area contributed by atoms with E-state index in [9.17, 15) is 9.18 Å². The minimum absolute atomic E-state index is 0.160. The molecule has 1 N–H and O–H groups in total. The Morgan fingerprint density at radius 3 is 2.76 bits per heavy atom. The number of amides is 1. The van der Waals surface area contributed by atoms with Crippen molar-refractivity contribution in [1.82, 2.24) is 9.97 Å². The first-order valence-corrected chi connectivity index (χ1v) is 5.48. The second kappa shape index (κ2) is 5.01. The summed E-state index contributed by atoms with van der Waals surface area (Å²) in [6, 6.07) is 4.50. The van der Waals surface area contributed by atoms with Crippen LogP contribution in [0.15, 0.2) is 41.4 Å². The molecule has 0 aliphatic carbocycles. The molecule has 0 bridgehead atoms. The average molecular weight is 296 g/mol. The third kappa shape index (κ3) is 3.07. The molecule has 0 saturated heterocycles. The molecular weight excluding hydrogens is 289 g/mol. The van der Waals surface area contributed by atoms with E-state index in [1.807, 2.05) is 0 Å². The maximum absolute atomic E-state index is 12.9. The maximum Gasteiger partial charge on any atom is 0.257 e. The van der Waals surface area contributed by atoms with Gasteiger partial charge in [0.1, 0.15) is 10.4 Å². The molecule has 4 nitrogen and oxygen atoms in total. The van der Waals surface area contributed by atoms with Crippen molar-refractivity contribution < 1.29 is 9.18 Å². The number of pyridine rings is 2. The number of aromatic nitrogens is 2. The van der Waals surface area contributed by atoms with Crippen LogP contribution in [0.2, 0.25) is 0 Å². The largest absolute Gasteiger partial charge is 0.321 e. The first-order chi connectivity index (χ1) is 8.15. The zero-order valence-electron chi connectivity index (χ0n) is 8.52. The van der Waals surface area contributed by atoms with Crippen LogP contribution in [0.5, 0.6) is 0 Å². The SMILES string of the molecule is O=C(Nc1ccc(Br)nc1)c1cncc(F)c1. The van der Waals surface area contributed by atoms with Crippen LogP contribution in [0, 0.1) is 5.82 Å². The van der Waals surface area contributed by atoms with Gasteiger partial charge in [0.05, 0.1) is 23.6 Å². The molecule has 0 aliphatic rings. The van der Waals surface area contributed by atoms with Gasteiger partial charge < -0.3 is 5.32 Å². The fraction of sp³-hybridized carbons (Fsp3) is 0. The van der Waals surface area contributed by atoms with E-state index >= 15 is 0 Å². The molecule has 0 saturated carbocycles. The highest BCUT2D eigenvalue weighted by molar-refractivity contribution is 9.10. The molecule has 0 unspecified atom stereocenters. The van der Waals surface area contributed by atoms with E-state index in [0.29, 0.717) is 10.3 Å². The van der Waals surface area contributed by atoms with E-state index in [2.05, 4.69) is 31.2 Å². The monoisotopic (exact) mass is 295 g/mol. The lowest BCUT2D eigenvalue weighted by Gasteiger charge is -2.04. The Labute approximate surface area is 105 Å². The van der Waals surface area contributed by atoms with Gasteiger partial charge in [0, 0.05) is 6.20 Å². The molecule has 0 spiro atoms. The number of nitrogens with one attached hydrogen (secondary N) is 1. The quantitative estimate of drug-likeness (QED) is 0.867. The molecular formula is C11H7BrFN3O. The lowest BCUT2D eigenvalue weighted by Crippen LogP contribution is -2.12. The molecule has 6 heteroatoms. The van der Waals surface area contributed by atoms with Crippen LogP contribution >= 0.6 is 15.9 Å². The lowest BCUT2D eigenvalue weighted by molar-refractivity contribution is 0.102. The molecule has 2 rings (SSSR count). The smallest absolute Gasteiger partial charge is 0.257 e. The van der Waals surface area contributed by atoms with Crippen molar-refractivity contribution in [2.75, 3.05) is 5.32 Å². The predicted molar refractivity (Wildman–Crippen MR) is 64.1 cm³/mol. The minimum Gasteiger partial charge on any atom is -0.321 e. The van der Waals surface area contributed by atoms with Gasteiger partial charge in [-0.2, -0.15) is 0 Å². The van der Waals surface area contributed by atoms with Crippen molar-refractivity contribution in [3.63, 3.8) is 0 Å². The highest BCUT2D eigenvalue weighted by Gasteiger charge is 2.07. The summed E-state index contributed by atoms with van der Waals surface area (Å²) in [5, 5.41) is 2.58. The molecule has 1 amide bonds. The van der Waals surface area contributed by atoms with Gasteiger partial charge in [-0.3, -0.25) is 9.78 Å². The van der Waals surface area contributed by atoms with Gasteiger partial charge in [-0.05, 0) is 34.1 Å². The van der Waals surface area contributed by atoms with Crippen LogP contribution in [-0.4, -0.2) is 15.9 Å². The van der Waals surface area contributed by atoms with Gasteiger partial charge in [0.15, 0.2) is 0 Å². The summed E-state index contributed by atoms with van der Waals surface area (Å²) in [4.78, 5) is 19.3. The van der Waals surface area contributed by atoms with Gasteiger partial charge in [0.25, 0.3) is 5.91 Å². The maximum atomic E-state index is 12.9. The summed E-state index contributed by atoms with van der Waals surface area (Å²) in [5.41, 5.74) is 0.690. The third-order valence-corrected chi connectivity index (χ3v) is 2.42. The van der Waals surface area contributed by atoms with Crippen molar-refractivity contribution >= 4 is 27.5 Å². The Balaban J connectivity index is 2.14. The summed E-state index contributed by atoms with van der Waals surface area (Å²) in [5.74, 6) is -0.979. The second-order valence-corrected chi connectivity index (χ2v) is 4.03. The van der Waals surface area contributed by atoms with Gasteiger partial charge in [-0.1, -0.05) is 0 Å². The molecule has 2 heterocycles. The Hall–Kier alpha value is -1.82. The summed E-state index contributed by atoms with van der Waals surface area (Å²) in [6.45, 7) is 0. The third-order valence-electron chi connectivity index (χ3n) is 1.95. The molecule has 2 aromatic rings. The van der Waals surface area contributed by atoms with E-state index in [0.717, 1.165) is 12.3 Å². The van der Waals surface area contributed by atoms with Crippen LogP contribution in [0.4, 0.5) is 10.1 Å². The van der Waals surface area contributed by atoms with Gasteiger partial charge in [-0.25, -0.2) is 9.37 Å². The first-order valence-electron chi connectivity index (χ1n) is 4.68. The summed E-state index contributed by atoms with van der Waals surface area (Å²) < 4.78 is 13.5. The molecule has 0 radical (unpaired) electrons. The number of halogens is 2. The standard InChI is InChI=1S/C11H7BrFN3O/c12-10-2-1-9(6-15-10)16-11(17)7-3-8(13)5-14-4-7/h1-6H,(H,16,17). The van der Waals surface area contributed by atoms with E-state index in [1.165, 1.54) is 12.4 Å². The summed E-state index contributed by atoms with van der Waals surface area (Å²) >= 11 is 3.18. The van der Waals surface area contributed by atoms with Crippen LogP contribution < -0.4 is 5.32 Å². The van der Waals surface area contributed by atoms with E-state index < -0.39 is 11.7 Å². The minimum atomic E-state index is -0.549. The Morgan fingerprint density at radius 1 is 1.29 bits per heavy atom. The molecule has 17 heavy (non-hydrogen) atoms. The average Bonchev–Trinajstić information content (AvgIpc) is 2.32. The highest BCUT2D eigenvalue weighted by atomic mass is 79.9. The topological polar surface area (TPSA) is 54.9 Å². The van der Waals surface area contributed by atoms with Gasteiger partial charge >= 0.3 is 0 Å². The van der Waals surface area contributed by atoms with Crippen molar-refractivity contribution in [3.05, 3.63) is 52.8 Å². The van der Waals surface area contributed by atoms with Crippen LogP contribution in [-0.2, 0) is 0 Å². The van der Waals surface area contributed by atoms with Crippen LogP contribution in [0.25, 0.3) is 0 Å². The fourth-order valence-electron chi connectivity index (χ4n) is 1.19. The van der Waals surface area contributed by atoms with Crippen molar-refractivity contribution in [1.29, 1.82) is 0 Å². The molecule has 86 valence electrons. The number of carbonyl (C=O) groups is 1. The van der Waals surface area contributed by atoms with Crippen LogP contribution in [0.3, 0.4) is 0 Å². The molecule has 2 aromatic heterocycles. The van der Waals surface area contributed by atoms with E-state index in [-0.39, 0.29) is 5.56 Å². The number of anilines is 1. The molecule has 0 fully saturated rings. The highest BCUT2D eigenvalue weighted by Crippen LogP contribution is 2.12. The Morgan fingerprint density at radius 2 is 2.12 bits per heavy atom. The number of carbonyl (C=O) groups excluding carboxylic acids is 1. The summed E-state index contributed by atoms with van der Waals surface area (Å²) in [7, 11) is 0. The normalized spacial score (nSPS) is 10.0. The van der Waals surface area contributed by atoms with Crippen molar-refractivity contribution in [2.24, 2.45) is 0 Å². The van der Waals surface area contributed by atoms with Gasteiger partial charge in [-0.15, -0.1) is 0 Å². The van der Waals surface area contributed by atoms with Crippen molar-refractivity contribution in [2.45, 2.75) is 0 Å². The zero-order valence-corrected chi connectivity index (χ0v) is 10.1. The van der Waals surface area contributed by atoms with Crippen molar-refractivity contribution in [3.8, 4) is 0 Å². The van der Waals surface area contributed by atoms with Gasteiger partial charge in [0.2, 0.25) is 0 Å². The number of rotatable bonds is 2. The van der Waals surface area contributed by atoms with E-state index in [1.54, 1.807) is 12.1 Å². The fourth-order valence-corrected chi connectivity index (χ4v) is 1.42. The second-order valence-electron chi connectivity index (χ2n) is 3.22. The number of hydrogen-bond acceptors (Lipinski definition) is 3.